The second-order valence-corrected chi connectivity index (χ2v) is 5.10. The van der Waals surface area contributed by atoms with Gasteiger partial charge in [0.2, 0.25) is 0 Å². The van der Waals surface area contributed by atoms with Crippen molar-refractivity contribution < 1.29 is 14.6 Å². The molecule has 1 N–H and O–H groups in total. The number of aliphatic carboxylic acids is 1. The Morgan fingerprint density at radius 2 is 2.00 bits per heavy atom. The number of benzene rings is 1. The molecule has 0 unspecified atom stereocenters. The summed E-state index contributed by atoms with van der Waals surface area (Å²) in [6.45, 7) is 6.10. The molecular weight excluding hydrogens is 236 g/mol. The molecular formula is C13H18O3S. The van der Waals surface area contributed by atoms with E-state index in [-0.39, 0.29) is 6.42 Å². The molecule has 0 spiro atoms. The second-order valence-electron chi connectivity index (χ2n) is 3.99. The molecule has 4 heteroatoms. The van der Waals surface area contributed by atoms with Crippen LogP contribution >= 0.6 is 11.8 Å². The molecule has 0 bridgehead atoms. The molecule has 1 rings (SSSR count). The van der Waals surface area contributed by atoms with Crippen molar-refractivity contribution in [2.75, 3.05) is 12.9 Å². The van der Waals surface area contributed by atoms with Crippen LogP contribution in [0.5, 0.6) is 5.75 Å². The minimum absolute atomic E-state index is 0.167. The number of ether oxygens (including phenoxy) is 1. The lowest BCUT2D eigenvalue weighted by molar-refractivity contribution is -0.136. The topological polar surface area (TPSA) is 46.5 Å². The van der Waals surface area contributed by atoms with Gasteiger partial charge < -0.3 is 9.84 Å². The molecule has 0 radical (unpaired) electrons. The van der Waals surface area contributed by atoms with Crippen LogP contribution < -0.4 is 4.74 Å². The minimum atomic E-state index is -0.766. The van der Waals surface area contributed by atoms with Gasteiger partial charge in [0.15, 0.2) is 0 Å². The largest absolute Gasteiger partial charge is 0.495 e. The first-order valence-corrected chi connectivity index (χ1v) is 6.45. The number of aryl methyl sites for hydroxylation is 2. The van der Waals surface area contributed by atoms with E-state index in [2.05, 4.69) is 13.0 Å². The Kier molecular flexibility index (Phi) is 4.87. The van der Waals surface area contributed by atoms with E-state index < -0.39 is 5.97 Å². The van der Waals surface area contributed by atoms with Gasteiger partial charge in [-0.05, 0) is 37.5 Å². The fourth-order valence-corrected chi connectivity index (χ4v) is 2.83. The monoisotopic (exact) mass is 254 g/mol. The van der Waals surface area contributed by atoms with Crippen LogP contribution in [0.2, 0.25) is 0 Å². The summed E-state index contributed by atoms with van der Waals surface area (Å²) in [5.74, 6) is 0.672. The normalized spacial score (nSPS) is 10.4. The zero-order valence-electron chi connectivity index (χ0n) is 10.7. The van der Waals surface area contributed by atoms with E-state index >= 15 is 0 Å². The molecule has 0 aliphatic heterocycles. The van der Waals surface area contributed by atoms with Gasteiger partial charge in [-0.1, -0.05) is 6.07 Å². The molecule has 0 aromatic heterocycles. The van der Waals surface area contributed by atoms with Gasteiger partial charge >= 0.3 is 5.97 Å². The lowest BCUT2D eigenvalue weighted by Crippen LogP contribution is -1.99. The summed E-state index contributed by atoms with van der Waals surface area (Å²) in [4.78, 5) is 11.6. The zero-order chi connectivity index (χ0) is 13.0. The van der Waals surface area contributed by atoms with Gasteiger partial charge in [-0.2, -0.15) is 0 Å². The highest BCUT2D eigenvalue weighted by Gasteiger charge is 2.13. The van der Waals surface area contributed by atoms with Crippen LogP contribution in [0.15, 0.2) is 11.0 Å². The van der Waals surface area contributed by atoms with Crippen LogP contribution in [0.4, 0.5) is 0 Å². The molecule has 94 valence electrons. The summed E-state index contributed by atoms with van der Waals surface area (Å²) in [7, 11) is 1.66. The quantitative estimate of drug-likeness (QED) is 0.820. The van der Waals surface area contributed by atoms with Crippen molar-refractivity contribution in [1.82, 2.24) is 0 Å². The Morgan fingerprint density at radius 3 is 2.53 bits per heavy atom. The molecule has 3 nitrogen and oxygen atoms in total. The van der Waals surface area contributed by atoms with Gasteiger partial charge in [0.05, 0.1) is 18.4 Å². The standard InChI is InChI=1S/C13H18O3S/c1-8-7-9(2)13(12(16-4)10(8)3)17-6-5-11(14)15/h7H,5-6H2,1-4H3,(H,14,15). The first kappa shape index (κ1) is 13.9. The average Bonchev–Trinajstić information content (AvgIpc) is 2.25. The van der Waals surface area contributed by atoms with Gasteiger partial charge in [0, 0.05) is 5.75 Å². The van der Waals surface area contributed by atoms with Crippen molar-refractivity contribution in [3.05, 3.63) is 22.8 Å². The average molecular weight is 254 g/mol. The number of hydrogen-bond donors (Lipinski definition) is 1. The Hall–Kier alpha value is -1.16. The highest BCUT2D eigenvalue weighted by Crippen LogP contribution is 2.37. The number of carboxylic acid groups (broad SMARTS) is 1. The van der Waals surface area contributed by atoms with Gasteiger partial charge in [0.1, 0.15) is 5.75 Å². The lowest BCUT2D eigenvalue weighted by atomic mass is 10.1. The maximum absolute atomic E-state index is 10.5. The Labute approximate surface area is 106 Å². The highest BCUT2D eigenvalue weighted by atomic mass is 32.2. The summed E-state index contributed by atoms with van der Waals surface area (Å²) < 4.78 is 5.43. The summed E-state index contributed by atoms with van der Waals surface area (Å²) in [5, 5.41) is 8.64. The molecule has 1 aromatic carbocycles. The molecule has 0 fully saturated rings. The lowest BCUT2D eigenvalue weighted by Gasteiger charge is -2.15. The van der Waals surface area contributed by atoms with E-state index in [9.17, 15) is 4.79 Å². The summed E-state index contributed by atoms with van der Waals surface area (Å²) >= 11 is 1.54. The zero-order valence-corrected chi connectivity index (χ0v) is 11.5. The number of thioether (sulfide) groups is 1. The molecule has 0 atom stereocenters. The first-order chi connectivity index (χ1) is 7.97. The summed E-state index contributed by atoms with van der Waals surface area (Å²) in [6.07, 6.45) is 0.167. The van der Waals surface area contributed by atoms with E-state index in [1.54, 1.807) is 18.9 Å². The van der Waals surface area contributed by atoms with E-state index in [0.717, 1.165) is 21.8 Å². The van der Waals surface area contributed by atoms with Gasteiger partial charge in [-0.3, -0.25) is 4.79 Å². The predicted octanol–water partition coefficient (Wildman–Crippen LogP) is 3.19. The summed E-state index contributed by atoms with van der Waals surface area (Å²) in [6, 6.07) is 2.11. The summed E-state index contributed by atoms with van der Waals surface area (Å²) in [5.41, 5.74) is 3.46. The number of hydrogen-bond acceptors (Lipinski definition) is 3. The molecule has 0 aliphatic carbocycles. The highest BCUT2D eigenvalue weighted by molar-refractivity contribution is 7.99. The molecule has 17 heavy (non-hydrogen) atoms. The Morgan fingerprint density at radius 1 is 1.35 bits per heavy atom. The number of methoxy groups -OCH3 is 1. The number of rotatable bonds is 5. The van der Waals surface area contributed by atoms with E-state index in [1.165, 1.54) is 5.56 Å². The van der Waals surface area contributed by atoms with Crippen LogP contribution in [0.3, 0.4) is 0 Å². The maximum atomic E-state index is 10.5. The number of carbonyl (C=O) groups is 1. The van der Waals surface area contributed by atoms with Crippen LogP contribution in [-0.4, -0.2) is 23.9 Å². The molecule has 0 aliphatic rings. The van der Waals surface area contributed by atoms with Gasteiger partial charge in [-0.25, -0.2) is 0 Å². The van der Waals surface area contributed by atoms with Crippen molar-refractivity contribution in [3.8, 4) is 5.75 Å². The van der Waals surface area contributed by atoms with Crippen LogP contribution in [0.25, 0.3) is 0 Å². The Balaban J connectivity index is 2.97. The van der Waals surface area contributed by atoms with Crippen molar-refractivity contribution in [2.45, 2.75) is 32.1 Å². The minimum Gasteiger partial charge on any atom is -0.495 e. The van der Waals surface area contributed by atoms with Gasteiger partial charge in [0.25, 0.3) is 0 Å². The molecule has 0 heterocycles. The van der Waals surface area contributed by atoms with E-state index in [4.69, 9.17) is 9.84 Å². The second kappa shape index (κ2) is 5.96. The van der Waals surface area contributed by atoms with Crippen LogP contribution in [0, 0.1) is 20.8 Å². The Bertz CT molecular complexity index is 427. The van der Waals surface area contributed by atoms with Crippen molar-refractivity contribution in [2.24, 2.45) is 0 Å². The predicted molar refractivity (Wildman–Crippen MR) is 70.2 cm³/mol. The van der Waals surface area contributed by atoms with Crippen molar-refractivity contribution in [1.29, 1.82) is 0 Å². The molecule has 1 aromatic rings. The van der Waals surface area contributed by atoms with Crippen molar-refractivity contribution >= 4 is 17.7 Å². The third-order valence-corrected chi connectivity index (χ3v) is 3.90. The first-order valence-electron chi connectivity index (χ1n) is 5.46. The van der Waals surface area contributed by atoms with Crippen molar-refractivity contribution in [3.63, 3.8) is 0 Å². The maximum Gasteiger partial charge on any atom is 0.304 e. The van der Waals surface area contributed by atoms with Crippen LogP contribution in [-0.2, 0) is 4.79 Å². The molecule has 0 saturated heterocycles. The molecule has 0 amide bonds. The van der Waals surface area contributed by atoms with Gasteiger partial charge in [-0.15, -0.1) is 11.8 Å². The smallest absolute Gasteiger partial charge is 0.304 e. The SMILES string of the molecule is COc1c(C)c(C)cc(C)c1SCCC(=O)O. The number of carboxylic acids is 1. The fraction of sp³-hybridized carbons (Fsp3) is 0.462. The van der Waals surface area contributed by atoms with E-state index in [1.807, 2.05) is 13.8 Å². The molecule has 0 saturated carbocycles. The van der Waals surface area contributed by atoms with E-state index in [0.29, 0.717) is 5.75 Å². The fourth-order valence-electron chi connectivity index (χ4n) is 1.69. The van der Waals surface area contributed by atoms with Crippen LogP contribution in [0.1, 0.15) is 23.1 Å². The third kappa shape index (κ3) is 3.40. The third-order valence-electron chi connectivity index (χ3n) is 2.70.